The number of hydrogen-bond donors (Lipinski definition) is 1. The lowest BCUT2D eigenvalue weighted by Crippen LogP contribution is -2.30. The summed E-state index contributed by atoms with van der Waals surface area (Å²) < 4.78 is 11.0. The lowest BCUT2D eigenvalue weighted by molar-refractivity contribution is -0.135. The Balaban J connectivity index is 0.00000210. The summed E-state index contributed by atoms with van der Waals surface area (Å²) in [7, 11) is 0. The van der Waals surface area contributed by atoms with Gasteiger partial charge < -0.3 is 14.8 Å². The number of carbonyl (C=O) groups excluding carboxylic acids is 1. The van der Waals surface area contributed by atoms with Gasteiger partial charge in [-0.25, -0.2) is 4.79 Å². The lowest BCUT2D eigenvalue weighted by atomic mass is 10.1. The van der Waals surface area contributed by atoms with Gasteiger partial charge in [-0.2, -0.15) is 0 Å². The molecule has 0 saturated heterocycles. The molecule has 2 heterocycles. The summed E-state index contributed by atoms with van der Waals surface area (Å²) in [5, 5.41) is 3.23. The van der Waals surface area contributed by atoms with Crippen molar-refractivity contribution >= 4 is 24.2 Å². The molecule has 0 unspecified atom stereocenters. The number of halogens is 1. The molecule has 0 spiro atoms. The molecule has 0 radical (unpaired) electrons. The summed E-state index contributed by atoms with van der Waals surface area (Å²) in [5.41, 5.74) is 5.91. The van der Waals surface area contributed by atoms with E-state index in [-0.39, 0.29) is 18.4 Å². The van der Waals surface area contributed by atoms with Gasteiger partial charge in [0.05, 0.1) is 17.8 Å². The van der Waals surface area contributed by atoms with Gasteiger partial charge in [0.15, 0.2) is 0 Å². The Bertz CT molecular complexity index is 950. The minimum atomic E-state index is -0.271. The van der Waals surface area contributed by atoms with Crippen LogP contribution in [0.4, 0.5) is 0 Å². The van der Waals surface area contributed by atoms with E-state index < -0.39 is 0 Å². The Kier molecular flexibility index (Phi) is 5.51. The van der Waals surface area contributed by atoms with Gasteiger partial charge in [0.2, 0.25) is 0 Å². The number of hydrogen-bond acceptors (Lipinski definition) is 5. The fourth-order valence-electron chi connectivity index (χ4n) is 3.12. The topological polar surface area (TPSA) is 59.9 Å². The summed E-state index contributed by atoms with van der Waals surface area (Å²) in [4.78, 5) is 16.1. The van der Waals surface area contributed by atoms with Crippen molar-refractivity contribution in [3.8, 4) is 5.75 Å². The van der Waals surface area contributed by atoms with Crippen LogP contribution in [0.3, 0.4) is 0 Å². The number of cyclic esters (lactones) is 1. The summed E-state index contributed by atoms with van der Waals surface area (Å²) in [5.74, 6) is 1.32. The van der Waals surface area contributed by atoms with Gasteiger partial charge in [-0.05, 0) is 48.7 Å². The van der Waals surface area contributed by atoms with E-state index in [1.807, 2.05) is 37.3 Å². The third kappa shape index (κ3) is 3.83. The van der Waals surface area contributed by atoms with Gasteiger partial charge in [0, 0.05) is 5.56 Å². The zero-order valence-electron chi connectivity index (χ0n) is 15.2. The zero-order chi connectivity index (χ0) is 18.1. The number of rotatable bonds is 4. The molecule has 2 aromatic rings. The van der Waals surface area contributed by atoms with Crippen molar-refractivity contribution < 1.29 is 14.3 Å². The van der Waals surface area contributed by atoms with Gasteiger partial charge >= 0.3 is 5.97 Å². The molecule has 0 bridgehead atoms. The van der Waals surface area contributed by atoms with E-state index >= 15 is 0 Å². The molecular weight excluding hydrogens is 364 g/mol. The Morgan fingerprint density at radius 3 is 2.74 bits per heavy atom. The normalized spacial score (nSPS) is 15.3. The van der Waals surface area contributed by atoms with Crippen LogP contribution in [0.2, 0.25) is 0 Å². The average Bonchev–Trinajstić information content (AvgIpc) is 3.01. The molecule has 4 rings (SSSR count). The van der Waals surface area contributed by atoms with Crippen molar-refractivity contribution in [2.45, 2.75) is 20.5 Å². The molecule has 0 atom stereocenters. The fraction of sp³-hybridized carbons (Fsp3) is 0.238. The van der Waals surface area contributed by atoms with Crippen molar-refractivity contribution in [3.63, 3.8) is 0 Å². The van der Waals surface area contributed by atoms with Gasteiger partial charge in [-0.3, -0.25) is 4.99 Å². The summed E-state index contributed by atoms with van der Waals surface area (Å²) >= 11 is 0. The maximum absolute atomic E-state index is 11.6. The van der Waals surface area contributed by atoms with Crippen LogP contribution in [0.1, 0.15) is 22.3 Å². The number of esters is 1. The highest BCUT2D eigenvalue weighted by Gasteiger charge is 2.28. The van der Waals surface area contributed by atoms with E-state index in [9.17, 15) is 4.79 Å². The SMILES string of the molecule is Cc1ccccc1COc1ccc(C2=NCC3=C(COC3=O)N2)c(C)c1.Cl. The third-order valence-electron chi connectivity index (χ3n) is 4.73. The van der Waals surface area contributed by atoms with E-state index in [1.54, 1.807) is 0 Å². The molecule has 1 N–H and O–H groups in total. The standard InChI is InChI=1S/C21H20N2O3.ClH/c1-13-5-3-4-6-15(13)11-25-16-7-8-17(14(2)9-16)20-22-10-18-19(23-20)12-26-21(18)24;/h3-9H,10-12H2,1-2H3,(H,22,23);1H. The first-order valence-corrected chi connectivity index (χ1v) is 8.61. The second-order valence-corrected chi connectivity index (χ2v) is 6.51. The first kappa shape index (κ1) is 19.0. The summed E-state index contributed by atoms with van der Waals surface area (Å²) in [6.45, 7) is 5.31. The van der Waals surface area contributed by atoms with Gasteiger partial charge in [0.1, 0.15) is 24.8 Å². The molecule has 2 aromatic carbocycles. The van der Waals surface area contributed by atoms with E-state index in [0.29, 0.717) is 25.3 Å². The molecule has 2 aliphatic rings. The van der Waals surface area contributed by atoms with Crippen molar-refractivity contribution in [2.24, 2.45) is 4.99 Å². The number of ether oxygens (including phenoxy) is 2. The fourth-order valence-corrected chi connectivity index (χ4v) is 3.12. The van der Waals surface area contributed by atoms with Gasteiger partial charge in [-0.15, -0.1) is 12.4 Å². The predicted molar refractivity (Wildman–Crippen MR) is 106 cm³/mol. The molecule has 2 aliphatic heterocycles. The number of aliphatic imine (C=N–C) groups is 1. The quantitative estimate of drug-likeness (QED) is 0.820. The molecule has 0 aromatic heterocycles. The van der Waals surface area contributed by atoms with Gasteiger partial charge in [0.25, 0.3) is 0 Å². The van der Waals surface area contributed by atoms with E-state index in [1.165, 1.54) is 11.1 Å². The first-order chi connectivity index (χ1) is 12.6. The molecule has 0 aliphatic carbocycles. The second-order valence-electron chi connectivity index (χ2n) is 6.51. The lowest BCUT2D eigenvalue weighted by Gasteiger charge is -2.18. The molecule has 0 amide bonds. The third-order valence-corrected chi connectivity index (χ3v) is 4.73. The van der Waals surface area contributed by atoms with Gasteiger partial charge in [-0.1, -0.05) is 24.3 Å². The average molecular weight is 385 g/mol. The maximum atomic E-state index is 11.6. The molecule has 0 saturated carbocycles. The number of carbonyl (C=O) groups is 1. The number of nitrogens with one attached hydrogen (secondary N) is 1. The summed E-state index contributed by atoms with van der Waals surface area (Å²) in [6, 6.07) is 14.2. The molecule has 6 heteroatoms. The van der Waals surface area contributed by atoms with Crippen LogP contribution in [0.25, 0.3) is 0 Å². The molecule has 140 valence electrons. The molecule has 0 fully saturated rings. The van der Waals surface area contributed by atoms with Crippen LogP contribution in [0, 0.1) is 13.8 Å². The molecule has 27 heavy (non-hydrogen) atoms. The zero-order valence-corrected chi connectivity index (χ0v) is 16.1. The Labute approximate surface area is 164 Å². The van der Waals surface area contributed by atoms with Crippen molar-refractivity contribution in [1.82, 2.24) is 5.32 Å². The van der Waals surface area contributed by atoms with Crippen LogP contribution in [0.5, 0.6) is 5.75 Å². The number of aryl methyl sites for hydroxylation is 2. The van der Waals surface area contributed by atoms with Crippen molar-refractivity contribution in [2.75, 3.05) is 13.2 Å². The molecular formula is C21H21ClN2O3. The van der Waals surface area contributed by atoms with Crippen LogP contribution >= 0.6 is 12.4 Å². The maximum Gasteiger partial charge on any atom is 0.338 e. The Morgan fingerprint density at radius 1 is 1.15 bits per heavy atom. The van der Waals surface area contributed by atoms with Crippen molar-refractivity contribution in [1.29, 1.82) is 0 Å². The number of nitrogens with zero attached hydrogens (tertiary/aromatic N) is 1. The number of amidine groups is 1. The van der Waals surface area contributed by atoms with E-state index in [0.717, 1.165) is 28.4 Å². The highest BCUT2D eigenvalue weighted by Crippen LogP contribution is 2.23. The Morgan fingerprint density at radius 2 is 1.96 bits per heavy atom. The highest BCUT2D eigenvalue weighted by atomic mass is 35.5. The minimum Gasteiger partial charge on any atom is -0.489 e. The van der Waals surface area contributed by atoms with Crippen LogP contribution in [-0.4, -0.2) is 25.0 Å². The predicted octanol–water partition coefficient (Wildman–Crippen LogP) is 3.46. The minimum absolute atomic E-state index is 0. The van der Waals surface area contributed by atoms with Crippen LogP contribution in [0.15, 0.2) is 58.7 Å². The van der Waals surface area contributed by atoms with E-state index in [2.05, 4.69) is 29.4 Å². The smallest absolute Gasteiger partial charge is 0.338 e. The first-order valence-electron chi connectivity index (χ1n) is 8.61. The second kappa shape index (κ2) is 7.84. The highest BCUT2D eigenvalue weighted by molar-refractivity contribution is 6.04. The summed E-state index contributed by atoms with van der Waals surface area (Å²) in [6.07, 6.45) is 0. The number of benzene rings is 2. The van der Waals surface area contributed by atoms with E-state index in [4.69, 9.17) is 9.47 Å². The van der Waals surface area contributed by atoms with Crippen LogP contribution < -0.4 is 10.1 Å². The van der Waals surface area contributed by atoms with Crippen LogP contribution in [-0.2, 0) is 16.1 Å². The van der Waals surface area contributed by atoms with Crippen molar-refractivity contribution in [3.05, 3.63) is 76.0 Å². The molecule has 5 nitrogen and oxygen atoms in total. The largest absolute Gasteiger partial charge is 0.489 e. The monoisotopic (exact) mass is 384 g/mol. The Hall–Kier alpha value is -2.79.